The highest BCUT2D eigenvalue weighted by molar-refractivity contribution is 7.98. The van der Waals surface area contributed by atoms with Crippen LogP contribution in [0.5, 0.6) is 0 Å². The number of hydrogen-bond donors (Lipinski definition) is 1. The summed E-state index contributed by atoms with van der Waals surface area (Å²) in [6.45, 7) is 2.29. The van der Waals surface area contributed by atoms with Crippen LogP contribution in [0, 0.1) is 0 Å². The average Bonchev–Trinajstić information content (AvgIpc) is 2.47. The Bertz CT molecular complexity index is 251. The lowest BCUT2D eigenvalue weighted by atomic mass is 10.2. The van der Waals surface area contributed by atoms with Crippen molar-refractivity contribution in [2.24, 2.45) is 0 Å². The molecule has 0 aliphatic carbocycles. The van der Waals surface area contributed by atoms with Gasteiger partial charge in [0.05, 0.1) is 6.42 Å². The van der Waals surface area contributed by atoms with Crippen LogP contribution in [0.25, 0.3) is 0 Å². The van der Waals surface area contributed by atoms with E-state index in [1.54, 1.807) is 11.8 Å². The topological polar surface area (TPSA) is 38.3 Å². The quantitative estimate of drug-likeness (QED) is 0.731. The first kappa shape index (κ1) is 13.7. The molecule has 0 aromatic rings. The minimum atomic E-state index is -3.30. The van der Waals surface area contributed by atoms with Crippen LogP contribution in [0.3, 0.4) is 0 Å². The summed E-state index contributed by atoms with van der Waals surface area (Å²) in [5.74, 6) is -3.67. The fourth-order valence-corrected chi connectivity index (χ4v) is 2.08. The number of rotatable bonds is 6. The summed E-state index contributed by atoms with van der Waals surface area (Å²) in [6.07, 6.45) is 1.79. The molecule has 0 spiro atoms. The molecule has 0 saturated carbocycles. The minimum Gasteiger partial charge on any atom is -0.456 e. The van der Waals surface area contributed by atoms with Gasteiger partial charge in [-0.05, 0) is 25.4 Å². The lowest BCUT2D eigenvalue weighted by Crippen LogP contribution is -2.34. The highest BCUT2D eigenvalue weighted by Gasteiger charge is 2.50. The third kappa shape index (κ3) is 3.90. The van der Waals surface area contributed by atoms with E-state index < -0.39 is 24.4 Å². The average molecular weight is 253 g/mol. The Labute approximate surface area is 98.3 Å². The van der Waals surface area contributed by atoms with E-state index in [-0.39, 0.29) is 6.04 Å². The smallest absolute Gasteiger partial charge is 0.377 e. The van der Waals surface area contributed by atoms with E-state index in [0.717, 1.165) is 12.2 Å². The second-order valence-electron chi connectivity index (χ2n) is 4.03. The molecular formula is C10H17F2NO2S. The Balaban J connectivity index is 2.22. The number of esters is 1. The van der Waals surface area contributed by atoms with E-state index in [9.17, 15) is 13.6 Å². The molecule has 1 saturated heterocycles. The Morgan fingerprint density at radius 1 is 1.69 bits per heavy atom. The molecule has 6 heteroatoms. The lowest BCUT2D eigenvalue weighted by molar-refractivity contribution is -0.159. The van der Waals surface area contributed by atoms with E-state index >= 15 is 0 Å². The van der Waals surface area contributed by atoms with Gasteiger partial charge < -0.3 is 10.1 Å². The molecule has 0 radical (unpaired) electrons. The first-order valence-corrected chi connectivity index (χ1v) is 6.66. The van der Waals surface area contributed by atoms with Crippen molar-refractivity contribution in [2.45, 2.75) is 37.8 Å². The molecule has 3 nitrogen and oxygen atoms in total. The van der Waals surface area contributed by atoms with E-state index in [2.05, 4.69) is 10.1 Å². The van der Waals surface area contributed by atoms with Crippen LogP contribution in [0.1, 0.15) is 19.8 Å². The summed E-state index contributed by atoms with van der Waals surface area (Å²) in [5, 5.41) is 3.09. The molecule has 94 valence electrons. The Hall–Kier alpha value is -0.360. The number of ether oxygens (including phenoxy) is 1. The molecule has 1 heterocycles. The maximum Gasteiger partial charge on any atom is 0.377 e. The number of thioether (sulfide) groups is 1. The van der Waals surface area contributed by atoms with E-state index in [4.69, 9.17) is 0 Å². The molecule has 1 N–H and O–H groups in total. The van der Waals surface area contributed by atoms with Gasteiger partial charge in [0.1, 0.15) is 6.10 Å². The molecule has 0 amide bonds. The molecule has 1 aliphatic heterocycles. The Morgan fingerprint density at radius 2 is 2.38 bits per heavy atom. The number of carbonyl (C=O) groups is 1. The molecule has 0 bridgehead atoms. The summed E-state index contributed by atoms with van der Waals surface area (Å²) in [6, 6.07) is 0.250. The third-order valence-electron chi connectivity index (χ3n) is 2.51. The predicted octanol–water partition coefficient (Wildman–Crippen LogP) is 1.67. The van der Waals surface area contributed by atoms with Crippen LogP contribution >= 0.6 is 11.8 Å². The van der Waals surface area contributed by atoms with E-state index in [1.165, 1.54) is 0 Å². The monoisotopic (exact) mass is 253 g/mol. The number of alkyl halides is 2. The van der Waals surface area contributed by atoms with Crippen molar-refractivity contribution in [1.82, 2.24) is 5.32 Å². The van der Waals surface area contributed by atoms with Crippen molar-refractivity contribution in [3.63, 3.8) is 0 Å². The molecule has 1 rings (SSSR count). The number of halogens is 2. The van der Waals surface area contributed by atoms with Crippen LogP contribution < -0.4 is 5.32 Å². The number of cyclic esters (lactones) is 1. The third-order valence-corrected chi connectivity index (χ3v) is 3.15. The van der Waals surface area contributed by atoms with Gasteiger partial charge in [0, 0.05) is 12.6 Å². The first-order chi connectivity index (χ1) is 7.45. The zero-order valence-electron chi connectivity index (χ0n) is 9.46. The van der Waals surface area contributed by atoms with Crippen molar-refractivity contribution in [3.8, 4) is 0 Å². The SMILES string of the molecule is CSCCC(C)NCC1CC(F)(F)C(=O)O1. The Kier molecular flexibility index (Phi) is 4.98. The zero-order chi connectivity index (χ0) is 12.2. The largest absolute Gasteiger partial charge is 0.456 e. The molecular weight excluding hydrogens is 236 g/mol. The van der Waals surface area contributed by atoms with Crippen LogP contribution in [-0.2, 0) is 9.53 Å². The normalized spacial score (nSPS) is 25.5. The molecule has 1 aliphatic rings. The second kappa shape index (κ2) is 5.82. The van der Waals surface area contributed by atoms with E-state index in [0.29, 0.717) is 6.54 Å². The maximum atomic E-state index is 12.8. The van der Waals surface area contributed by atoms with Gasteiger partial charge in [-0.2, -0.15) is 20.5 Å². The van der Waals surface area contributed by atoms with Crippen molar-refractivity contribution >= 4 is 17.7 Å². The van der Waals surface area contributed by atoms with Gasteiger partial charge in [0.15, 0.2) is 0 Å². The molecule has 0 aromatic heterocycles. The molecule has 16 heavy (non-hydrogen) atoms. The summed E-state index contributed by atoms with van der Waals surface area (Å²) in [7, 11) is 0. The predicted molar refractivity (Wildman–Crippen MR) is 59.9 cm³/mol. The highest BCUT2D eigenvalue weighted by Crippen LogP contribution is 2.30. The number of nitrogens with one attached hydrogen (secondary N) is 1. The first-order valence-electron chi connectivity index (χ1n) is 5.27. The van der Waals surface area contributed by atoms with Gasteiger partial charge in [-0.1, -0.05) is 0 Å². The van der Waals surface area contributed by atoms with E-state index in [1.807, 2.05) is 13.2 Å². The van der Waals surface area contributed by atoms with Gasteiger partial charge in [-0.25, -0.2) is 4.79 Å². The number of carbonyl (C=O) groups excluding carboxylic acids is 1. The molecule has 2 atom stereocenters. The van der Waals surface area contributed by atoms with Crippen molar-refractivity contribution < 1.29 is 18.3 Å². The molecule has 1 fully saturated rings. The number of hydrogen-bond acceptors (Lipinski definition) is 4. The fraction of sp³-hybridized carbons (Fsp3) is 0.900. The molecule has 2 unspecified atom stereocenters. The van der Waals surface area contributed by atoms with Gasteiger partial charge in [0.2, 0.25) is 0 Å². The van der Waals surface area contributed by atoms with Crippen LogP contribution in [0.15, 0.2) is 0 Å². The molecule has 0 aromatic carbocycles. The maximum absolute atomic E-state index is 12.8. The van der Waals surface area contributed by atoms with Crippen LogP contribution in [0.2, 0.25) is 0 Å². The standard InChI is InChI=1S/C10H17F2NO2S/c1-7(3-4-16-2)13-6-8-5-10(11,12)9(14)15-8/h7-8,13H,3-6H2,1-2H3. The van der Waals surface area contributed by atoms with Crippen molar-refractivity contribution in [1.29, 1.82) is 0 Å². The zero-order valence-corrected chi connectivity index (χ0v) is 10.3. The second-order valence-corrected chi connectivity index (χ2v) is 5.01. The fourth-order valence-electron chi connectivity index (χ4n) is 1.49. The Morgan fingerprint density at radius 3 is 2.88 bits per heavy atom. The van der Waals surface area contributed by atoms with Gasteiger partial charge >= 0.3 is 11.9 Å². The van der Waals surface area contributed by atoms with Gasteiger partial charge in [0.25, 0.3) is 0 Å². The van der Waals surface area contributed by atoms with Crippen molar-refractivity contribution in [3.05, 3.63) is 0 Å². The summed E-state index contributed by atoms with van der Waals surface area (Å²) >= 11 is 1.74. The lowest BCUT2D eigenvalue weighted by Gasteiger charge is -2.15. The van der Waals surface area contributed by atoms with Gasteiger partial charge in [-0.15, -0.1) is 0 Å². The minimum absolute atomic E-state index is 0.250. The van der Waals surface area contributed by atoms with Crippen LogP contribution in [-0.4, -0.2) is 42.6 Å². The van der Waals surface area contributed by atoms with Crippen molar-refractivity contribution in [2.75, 3.05) is 18.6 Å². The summed E-state index contributed by atoms with van der Waals surface area (Å²) in [4.78, 5) is 10.7. The van der Waals surface area contributed by atoms with Gasteiger partial charge in [-0.3, -0.25) is 0 Å². The summed E-state index contributed by atoms with van der Waals surface area (Å²) in [5.41, 5.74) is 0. The highest BCUT2D eigenvalue weighted by atomic mass is 32.2. The summed E-state index contributed by atoms with van der Waals surface area (Å²) < 4.78 is 30.2. The van der Waals surface area contributed by atoms with Crippen LogP contribution in [0.4, 0.5) is 8.78 Å².